The van der Waals surface area contributed by atoms with Gasteiger partial charge in [-0.1, -0.05) is 12.1 Å². The number of aromatic nitrogens is 1. The van der Waals surface area contributed by atoms with Crippen molar-refractivity contribution in [2.75, 3.05) is 38.0 Å². The minimum absolute atomic E-state index is 0.303. The molecule has 2 aromatic carbocycles. The van der Waals surface area contributed by atoms with E-state index in [-0.39, 0.29) is 5.91 Å². The Morgan fingerprint density at radius 1 is 0.966 bits per heavy atom. The first-order chi connectivity index (χ1) is 14.2. The Morgan fingerprint density at radius 3 is 2.48 bits per heavy atom. The summed E-state index contributed by atoms with van der Waals surface area (Å²) in [5.41, 5.74) is 1.67. The zero-order valence-electron chi connectivity index (χ0n) is 16.3. The van der Waals surface area contributed by atoms with E-state index in [1.807, 2.05) is 36.4 Å². The number of nitrogens with zero attached hydrogens (tertiary/aromatic N) is 1. The average Bonchev–Trinajstić information content (AvgIpc) is 2.77. The van der Waals surface area contributed by atoms with Crippen molar-refractivity contribution >= 4 is 17.3 Å². The van der Waals surface area contributed by atoms with Crippen LogP contribution in [-0.4, -0.2) is 38.3 Å². The molecular weight excluding hydrogens is 370 g/mol. The van der Waals surface area contributed by atoms with Crippen molar-refractivity contribution < 1.29 is 19.0 Å². The molecule has 2 N–H and O–H groups in total. The molecule has 3 aromatic rings. The quantitative estimate of drug-likeness (QED) is 0.538. The van der Waals surface area contributed by atoms with Crippen LogP contribution in [0.25, 0.3) is 0 Å². The van der Waals surface area contributed by atoms with Crippen molar-refractivity contribution in [2.24, 2.45) is 0 Å². The number of ether oxygens (including phenoxy) is 3. The molecule has 1 amide bonds. The summed E-state index contributed by atoms with van der Waals surface area (Å²) in [4.78, 5) is 16.7. The highest BCUT2D eigenvalue weighted by molar-refractivity contribution is 6.04. The van der Waals surface area contributed by atoms with E-state index < -0.39 is 0 Å². The van der Waals surface area contributed by atoms with E-state index in [9.17, 15) is 4.79 Å². The molecule has 7 heteroatoms. The van der Waals surface area contributed by atoms with Crippen molar-refractivity contribution in [3.8, 4) is 17.2 Å². The van der Waals surface area contributed by atoms with Gasteiger partial charge in [-0.25, -0.2) is 0 Å². The monoisotopic (exact) mass is 393 g/mol. The fourth-order valence-electron chi connectivity index (χ4n) is 2.64. The zero-order chi connectivity index (χ0) is 20.5. The minimum atomic E-state index is -0.312. The Morgan fingerprint density at radius 2 is 1.72 bits per heavy atom. The molecule has 1 aromatic heterocycles. The largest absolute Gasteiger partial charge is 0.497 e. The topological polar surface area (TPSA) is 81.7 Å². The predicted octanol–water partition coefficient (Wildman–Crippen LogP) is 3.84. The highest BCUT2D eigenvalue weighted by Crippen LogP contribution is 2.23. The van der Waals surface area contributed by atoms with Crippen molar-refractivity contribution in [3.05, 3.63) is 72.6 Å². The number of para-hydroxylation sites is 2. The third-order valence-electron chi connectivity index (χ3n) is 4.11. The van der Waals surface area contributed by atoms with E-state index >= 15 is 0 Å². The van der Waals surface area contributed by atoms with Gasteiger partial charge < -0.3 is 24.8 Å². The number of anilines is 2. The molecule has 0 saturated heterocycles. The number of methoxy groups -OCH3 is 2. The van der Waals surface area contributed by atoms with Crippen LogP contribution in [-0.2, 0) is 0 Å². The van der Waals surface area contributed by atoms with Crippen LogP contribution in [0.2, 0.25) is 0 Å². The summed E-state index contributed by atoms with van der Waals surface area (Å²) in [5, 5.41) is 6.04. The van der Waals surface area contributed by atoms with E-state index in [0.29, 0.717) is 30.3 Å². The molecule has 29 heavy (non-hydrogen) atoms. The lowest BCUT2D eigenvalue weighted by Crippen LogP contribution is -2.16. The molecule has 0 bridgehead atoms. The molecule has 0 spiro atoms. The van der Waals surface area contributed by atoms with E-state index in [1.165, 1.54) is 0 Å². The highest BCUT2D eigenvalue weighted by atomic mass is 16.5. The van der Waals surface area contributed by atoms with Crippen LogP contribution >= 0.6 is 0 Å². The van der Waals surface area contributed by atoms with E-state index in [1.54, 1.807) is 44.7 Å². The zero-order valence-corrected chi connectivity index (χ0v) is 16.3. The number of rotatable bonds is 9. The number of amides is 1. The lowest BCUT2D eigenvalue weighted by molar-refractivity contribution is 0.102. The maximum absolute atomic E-state index is 12.5. The van der Waals surface area contributed by atoms with Gasteiger partial charge in [0.15, 0.2) is 0 Å². The molecular formula is C22H23N3O4. The number of carbonyl (C=O) groups is 1. The molecule has 0 unspecified atom stereocenters. The standard InChI is InChI=1S/C22H23N3O4/c1-27-17-7-9-18(10-8-17)29-14-13-23-16-11-12-24-20(15-16)22(26)25-19-5-3-4-6-21(19)28-2/h3-12,15H,13-14H2,1-2H3,(H,23,24)(H,25,26). The first-order valence-electron chi connectivity index (χ1n) is 9.11. The summed E-state index contributed by atoms with van der Waals surface area (Å²) < 4.78 is 16.1. The molecule has 0 aliphatic heterocycles. The Labute approximate surface area is 169 Å². The number of benzene rings is 2. The second-order valence-corrected chi connectivity index (χ2v) is 6.03. The summed E-state index contributed by atoms with van der Waals surface area (Å²) in [5.74, 6) is 1.82. The van der Waals surface area contributed by atoms with Gasteiger partial charge in [0.25, 0.3) is 5.91 Å². The molecule has 0 radical (unpaired) electrons. The van der Waals surface area contributed by atoms with Crippen molar-refractivity contribution in [3.63, 3.8) is 0 Å². The van der Waals surface area contributed by atoms with Crippen molar-refractivity contribution in [1.29, 1.82) is 0 Å². The van der Waals surface area contributed by atoms with Gasteiger partial charge in [0.1, 0.15) is 29.5 Å². The number of carbonyl (C=O) groups excluding carboxylic acids is 1. The molecule has 3 rings (SSSR count). The van der Waals surface area contributed by atoms with Crippen LogP contribution in [0.4, 0.5) is 11.4 Å². The van der Waals surface area contributed by atoms with E-state index in [0.717, 1.165) is 17.2 Å². The molecule has 7 nitrogen and oxygen atoms in total. The van der Waals surface area contributed by atoms with Crippen LogP contribution in [0.3, 0.4) is 0 Å². The third kappa shape index (κ3) is 5.62. The lowest BCUT2D eigenvalue weighted by atomic mass is 10.2. The van der Waals surface area contributed by atoms with Crippen LogP contribution in [0.15, 0.2) is 66.9 Å². The predicted molar refractivity (Wildman–Crippen MR) is 112 cm³/mol. The molecule has 0 saturated carbocycles. The fraction of sp³-hybridized carbons (Fsp3) is 0.182. The summed E-state index contributed by atoms with van der Waals surface area (Å²) in [6, 6.07) is 18.1. The van der Waals surface area contributed by atoms with Crippen LogP contribution < -0.4 is 24.8 Å². The van der Waals surface area contributed by atoms with Gasteiger partial charge in [-0.2, -0.15) is 0 Å². The normalized spacial score (nSPS) is 10.1. The molecule has 1 heterocycles. The minimum Gasteiger partial charge on any atom is -0.497 e. The van der Waals surface area contributed by atoms with Gasteiger partial charge in [-0.3, -0.25) is 9.78 Å². The molecule has 0 atom stereocenters. The smallest absolute Gasteiger partial charge is 0.274 e. The first kappa shape index (κ1) is 20.0. The second-order valence-electron chi connectivity index (χ2n) is 6.03. The van der Waals surface area contributed by atoms with Crippen LogP contribution in [0, 0.1) is 0 Å². The van der Waals surface area contributed by atoms with Crippen LogP contribution in [0.5, 0.6) is 17.2 Å². The van der Waals surface area contributed by atoms with Gasteiger partial charge in [-0.15, -0.1) is 0 Å². The van der Waals surface area contributed by atoms with Crippen LogP contribution in [0.1, 0.15) is 10.5 Å². The average molecular weight is 393 g/mol. The number of pyridine rings is 1. The number of nitrogens with one attached hydrogen (secondary N) is 2. The molecule has 0 fully saturated rings. The summed E-state index contributed by atoms with van der Waals surface area (Å²) in [6.45, 7) is 1.04. The lowest BCUT2D eigenvalue weighted by Gasteiger charge is -2.11. The van der Waals surface area contributed by atoms with Crippen molar-refractivity contribution in [2.45, 2.75) is 0 Å². The van der Waals surface area contributed by atoms with E-state index in [4.69, 9.17) is 14.2 Å². The Balaban J connectivity index is 1.52. The van der Waals surface area contributed by atoms with Gasteiger partial charge in [0.05, 0.1) is 19.9 Å². The Bertz CT molecular complexity index is 945. The Kier molecular flexibility index (Phi) is 6.89. The van der Waals surface area contributed by atoms with Gasteiger partial charge in [-0.05, 0) is 48.5 Å². The van der Waals surface area contributed by atoms with Gasteiger partial charge in [0.2, 0.25) is 0 Å². The maximum atomic E-state index is 12.5. The highest BCUT2D eigenvalue weighted by Gasteiger charge is 2.11. The molecule has 150 valence electrons. The second kappa shape index (κ2) is 9.98. The maximum Gasteiger partial charge on any atom is 0.274 e. The van der Waals surface area contributed by atoms with Gasteiger partial charge in [0, 0.05) is 18.4 Å². The van der Waals surface area contributed by atoms with Gasteiger partial charge >= 0.3 is 0 Å². The van der Waals surface area contributed by atoms with E-state index in [2.05, 4.69) is 15.6 Å². The summed E-state index contributed by atoms with van der Waals surface area (Å²) in [7, 11) is 3.18. The summed E-state index contributed by atoms with van der Waals surface area (Å²) in [6.07, 6.45) is 1.59. The molecule has 0 aliphatic rings. The fourth-order valence-corrected chi connectivity index (χ4v) is 2.64. The first-order valence-corrected chi connectivity index (χ1v) is 9.11. The van der Waals surface area contributed by atoms with Crippen molar-refractivity contribution in [1.82, 2.24) is 4.98 Å². The summed E-state index contributed by atoms with van der Waals surface area (Å²) >= 11 is 0. The SMILES string of the molecule is COc1ccc(OCCNc2ccnc(C(=O)Nc3ccccc3OC)c2)cc1. The number of hydrogen-bond acceptors (Lipinski definition) is 6. The third-order valence-corrected chi connectivity index (χ3v) is 4.11. The number of hydrogen-bond donors (Lipinski definition) is 2. The Hall–Kier alpha value is -3.74. The molecule has 0 aliphatic carbocycles.